The molecule has 6 heteroatoms. The van der Waals surface area contributed by atoms with Gasteiger partial charge in [0.05, 0.1) is 0 Å². The zero-order chi connectivity index (χ0) is 14.3. The molecule has 0 aromatic carbocycles. The van der Waals surface area contributed by atoms with E-state index in [0.717, 1.165) is 24.6 Å². The number of rotatable bonds is 3. The maximum absolute atomic E-state index is 12.6. The van der Waals surface area contributed by atoms with Crippen molar-refractivity contribution in [3.63, 3.8) is 0 Å². The molecule has 2 heterocycles. The van der Waals surface area contributed by atoms with Crippen molar-refractivity contribution in [3.8, 4) is 0 Å². The lowest BCUT2D eigenvalue weighted by Gasteiger charge is -2.35. The lowest BCUT2D eigenvalue weighted by Crippen LogP contribution is -2.42. The van der Waals surface area contributed by atoms with Crippen molar-refractivity contribution in [3.05, 3.63) is 4.88 Å². The number of anilines is 2. The molecule has 1 saturated heterocycles. The fourth-order valence-corrected chi connectivity index (χ4v) is 3.47. The Bertz CT molecular complexity index is 511. The molecule has 2 unspecified atom stereocenters. The van der Waals surface area contributed by atoms with Crippen LogP contribution in [0.2, 0.25) is 0 Å². The molecule has 1 aliphatic carbocycles. The summed E-state index contributed by atoms with van der Waals surface area (Å²) in [7, 11) is 0. The summed E-state index contributed by atoms with van der Waals surface area (Å²) in [5.41, 5.74) is 5.92. The fourth-order valence-electron chi connectivity index (χ4n) is 2.54. The number of carbonyl (C=O) groups excluding carboxylic acids is 1. The van der Waals surface area contributed by atoms with Crippen molar-refractivity contribution in [2.24, 2.45) is 11.8 Å². The van der Waals surface area contributed by atoms with Crippen LogP contribution >= 0.6 is 11.3 Å². The third kappa shape index (κ3) is 2.75. The van der Waals surface area contributed by atoms with Crippen LogP contribution in [0.15, 0.2) is 0 Å². The molecular weight excluding hydrogens is 272 g/mol. The van der Waals surface area contributed by atoms with E-state index in [2.05, 4.69) is 24.1 Å². The van der Waals surface area contributed by atoms with Crippen LogP contribution in [0.3, 0.4) is 0 Å². The van der Waals surface area contributed by atoms with Gasteiger partial charge in [0.15, 0.2) is 5.13 Å². The van der Waals surface area contributed by atoms with Crippen LogP contribution in [0.25, 0.3) is 0 Å². The minimum Gasteiger partial charge on any atom is -0.382 e. The smallest absolute Gasteiger partial charge is 0.267 e. The zero-order valence-corrected chi connectivity index (χ0v) is 12.9. The van der Waals surface area contributed by atoms with Gasteiger partial charge in [0.25, 0.3) is 5.91 Å². The third-order valence-electron chi connectivity index (χ3n) is 4.37. The SMILES string of the molecule is CC1CCN(C(=O)c2sc(NC3CC3)nc2N)CC1C. The molecule has 0 spiro atoms. The van der Waals surface area contributed by atoms with E-state index in [4.69, 9.17) is 5.73 Å². The lowest BCUT2D eigenvalue weighted by atomic mass is 9.88. The largest absolute Gasteiger partial charge is 0.382 e. The average molecular weight is 294 g/mol. The van der Waals surface area contributed by atoms with Crippen LogP contribution in [0.1, 0.15) is 42.8 Å². The van der Waals surface area contributed by atoms with Crippen molar-refractivity contribution in [2.75, 3.05) is 24.1 Å². The number of nitrogens with zero attached hydrogens (tertiary/aromatic N) is 2. The number of likely N-dealkylation sites (tertiary alicyclic amines) is 1. The minimum absolute atomic E-state index is 0.0441. The summed E-state index contributed by atoms with van der Waals surface area (Å²) < 4.78 is 0. The summed E-state index contributed by atoms with van der Waals surface area (Å²) in [5, 5.41) is 4.09. The van der Waals surface area contributed by atoms with Crippen molar-refractivity contribution in [1.82, 2.24) is 9.88 Å². The highest BCUT2D eigenvalue weighted by Crippen LogP contribution is 2.32. The van der Waals surface area contributed by atoms with Gasteiger partial charge in [-0.1, -0.05) is 25.2 Å². The Morgan fingerprint density at radius 1 is 1.35 bits per heavy atom. The first kappa shape index (κ1) is 13.7. The molecule has 2 fully saturated rings. The molecule has 2 atom stereocenters. The Labute approximate surface area is 123 Å². The van der Waals surface area contributed by atoms with Crippen LogP contribution in [-0.4, -0.2) is 34.9 Å². The number of carbonyl (C=O) groups is 1. The average Bonchev–Trinajstić information content (AvgIpc) is 3.14. The van der Waals surface area contributed by atoms with Gasteiger partial charge < -0.3 is 16.0 Å². The second-order valence-electron chi connectivity index (χ2n) is 6.15. The molecule has 3 rings (SSSR count). The van der Waals surface area contributed by atoms with Crippen LogP contribution in [0.4, 0.5) is 10.9 Å². The van der Waals surface area contributed by atoms with Crippen LogP contribution in [0, 0.1) is 11.8 Å². The topological polar surface area (TPSA) is 71.2 Å². The number of hydrogen-bond donors (Lipinski definition) is 2. The van der Waals surface area contributed by atoms with E-state index >= 15 is 0 Å². The summed E-state index contributed by atoms with van der Waals surface area (Å²) >= 11 is 1.39. The molecule has 5 nitrogen and oxygen atoms in total. The summed E-state index contributed by atoms with van der Waals surface area (Å²) in [6.07, 6.45) is 3.44. The number of amides is 1. The Balaban J connectivity index is 1.71. The molecule has 1 aromatic rings. The summed E-state index contributed by atoms with van der Waals surface area (Å²) in [6.45, 7) is 6.11. The first-order chi connectivity index (χ1) is 9.54. The van der Waals surface area contributed by atoms with E-state index in [1.165, 1.54) is 24.2 Å². The second kappa shape index (κ2) is 5.24. The van der Waals surface area contributed by atoms with E-state index in [1.807, 2.05) is 4.90 Å². The van der Waals surface area contributed by atoms with Gasteiger partial charge in [-0.05, 0) is 31.1 Å². The van der Waals surface area contributed by atoms with Crippen LogP contribution in [-0.2, 0) is 0 Å². The highest BCUT2D eigenvalue weighted by molar-refractivity contribution is 7.18. The van der Waals surface area contributed by atoms with E-state index in [-0.39, 0.29) is 5.91 Å². The molecule has 2 aliphatic rings. The summed E-state index contributed by atoms with van der Waals surface area (Å²) in [4.78, 5) is 19.4. The van der Waals surface area contributed by atoms with Gasteiger partial charge in [0.1, 0.15) is 10.7 Å². The monoisotopic (exact) mass is 294 g/mol. The fraction of sp³-hybridized carbons (Fsp3) is 0.714. The number of nitrogens with two attached hydrogens (primary N) is 1. The highest BCUT2D eigenvalue weighted by atomic mass is 32.1. The maximum atomic E-state index is 12.6. The molecule has 0 bridgehead atoms. The van der Waals surface area contributed by atoms with Crippen LogP contribution < -0.4 is 11.1 Å². The lowest BCUT2D eigenvalue weighted by molar-refractivity contribution is 0.0633. The second-order valence-corrected chi connectivity index (χ2v) is 7.15. The number of nitrogen functional groups attached to an aromatic ring is 1. The van der Waals surface area contributed by atoms with E-state index in [1.54, 1.807) is 0 Å². The first-order valence-corrected chi connectivity index (χ1v) is 8.18. The maximum Gasteiger partial charge on any atom is 0.267 e. The van der Waals surface area contributed by atoms with Gasteiger partial charge in [-0.3, -0.25) is 4.79 Å². The predicted octanol–water partition coefficient (Wildman–Crippen LogP) is 2.42. The molecule has 1 aliphatic heterocycles. The molecule has 0 radical (unpaired) electrons. The molecule has 1 aromatic heterocycles. The van der Waals surface area contributed by atoms with E-state index in [9.17, 15) is 4.79 Å². The number of piperidine rings is 1. The minimum atomic E-state index is 0.0441. The predicted molar refractivity (Wildman–Crippen MR) is 82.0 cm³/mol. The summed E-state index contributed by atoms with van der Waals surface area (Å²) in [5.74, 6) is 1.65. The number of aromatic nitrogens is 1. The number of thiazole rings is 1. The zero-order valence-electron chi connectivity index (χ0n) is 12.1. The van der Waals surface area contributed by atoms with Crippen molar-refractivity contribution in [1.29, 1.82) is 0 Å². The van der Waals surface area contributed by atoms with Gasteiger partial charge >= 0.3 is 0 Å². The highest BCUT2D eigenvalue weighted by Gasteiger charge is 2.30. The van der Waals surface area contributed by atoms with Gasteiger partial charge in [0.2, 0.25) is 0 Å². The number of nitrogens with one attached hydrogen (secondary N) is 1. The van der Waals surface area contributed by atoms with Crippen molar-refractivity contribution in [2.45, 2.75) is 39.2 Å². The van der Waals surface area contributed by atoms with Gasteiger partial charge in [-0.2, -0.15) is 0 Å². The van der Waals surface area contributed by atoms with Gasteiger partial charge in [-0.15, -0.1) is 0 Å². The Kier molecular flexibility index (Phi) is 3.58. The number of hydrogen-bond acceptors (Lipinski definition) is 5. The molecule has 20 heavy (non-hydrogen) atoms. The molecule has 110 valence electrons. The molecule has 1 amide bonds. The molecule has 1 saturated carbocycles. The van der Waals surface area contributed by atoms with Crippen molar-refractivity contribution >= 4 is 28.2 Å². The Morgan fingerprint density at radius 2 is 2.10 bits per heavy atom. The standard InChI is InChI=1S/C14H22N4OS/c1-8-5-6-18(7-9(8)2)13(19)11-12(15)17-14(20-11)16-10-3-4-10/h8-10H,3-7,15H2,1-2H3,(H,16,17). The van der Waals surface area contributed by atoms with Gasteiger partial charge in [-0.25, -0.2) is 4.98 Å². The van der Waals surface area contributed by atoms with Gasteiger partial charge in [0, 0.05) is 19.1 Å². The van der Waals surface area contributed by atoms with Crippen molar-refractivity contribution < 1.29 is 4.79 Å². The first-order valence-electron chi connectivity index (χ1n) is 7.36. The Hall–Kier alpha value is -1.30. The van der Waals surface area contributed by atoms with E-state index in [0.29, 0.717) is 28.6 Å². The third-order valence-corrected chi connectivity index (χ3v) is 5.36. The summed E-state index contributed by atoms with van der Waals surface area (Å²) in [6, 6.07) is 0.527. The Morgan fingerprint density at radius 3 is 2.75 bits per heavy atom. The van der Waals surface area contributed by atoms with Crippen LogP contribution in [0.5, 0.6) is 0 Å². The quantitative estimate of drug-likeness (QED) is 0.898. The molecule has 3 N–H and O–H groups in total. The normalized spacial score (nSPS) is 26.6. The molecular formula is C14H22N4OS. The van der Waals surface area contributed by atoms with E-state index < -0.39 is 0 Å².